The number of benzene rings is 1. The Labute approximate surface area is 184 Å². The van der Waals surface area contributed by atoms with E-state index in [9.17, 15) is 18.4 Å². The molecule has 9 heteroatoms. The Morgan fingerprint density at radius 3 is 2.74 bits per heavy atom. The molecule has 2 aliphatic rings. The van der Waals surface area contributed by atoms with Crippen molar-refractivity contribution in [3.8, 4) is 0 Å². The zero-order valence-electron chi connectivity index (χ0n) is 17.5. The van der Waals surface area contributed by atoms with Crippen molar-refractivity contribution in [3.05, 3.63) is 46.0 Å². The van der Waals surface area contributed by atoms with Gasteiger partial charge in [0, 0.05) is 55.5 Å². The normalized spacial score (nSPS) is 18.6. The number of nitrogens with zero attached hydrogens (tertiary/aromatic N) is 3. The lowest BCUT2D eigenvalue weighted by molar-refractivity contribution is -0.131. The molecule has 0 bridgehead atoms. The summed E-state index contributed by atoms with van der Waals surface area (Å²) < 4.78 is 27.1. The number of piperazine rings is 1. The second kappa shape index (κ2) is 9.30. The number of carbonyl (C=O) groups excluding carboxylic acids is 2. The van der Waals surface area contributed by atoms with Gasteiger partial charge in [-0.3, -0.25) is 9.59 Å². The van der Waals surface area contributed by atoms with E-state index in [0.29, 0.717) is 32.4 Å². The summed E-state index contributed by atoms with van der Waals surface area (Å²) in [5, 5.41) is 3.70. The van der Waals surface area contributed by atoms with Crippen LogP contribution in [-0.2, 0) is 29.0 Å². The Morgan fingerprint density at radius 2 is 2.00 bits per heavy atom. The molecule has 1 aliphatic carbocycles. The van der Waals surface area contributed by atoms with E-state index in [1.54, 1.807) is 11.3 Å². The van der Waals surface area contributed by atoms with Crippen molar-refractivity contribution in [2.45, 2.75) is 39.2 Å². The van der Waals surface area contributed by atoms with Gasteiger partial charge in [-0.2, -0.15) is 0 Å². The van der Waals surface area contributed by atoms with Gasteiger partial charge in [-0.15, -0.1) is 11.3 Å². The van der Waals surface area contributed by atoms with Gasteiger partial charge in [-0.25, -0.2) is 13.8 Å². The molecule has 166 valence electrons. The summed E-state index contributed by atoms with van der Waals surface area (Å²) in [6, 6.07) is 3.24. The van der Waals surface area contributed by atoms with E-state index < -0.39 is 11.6 Å². The average Bonchev–Trinajstić information content (AvgIpc) is 3.22. The Kier molecular flexibility index (Phi) is 6.50. The maximum absolute atomic E-state index is 13.8. The first kappa shape index (κ1) is 21.7. The molecule has 1 fully saturated rings. The number of amides is 2. The molecule has 31 heavy (non-hydrogen) atoms. The van der Waals surface area contributed by atoms with Gasteiger partial charge in [-0.1, -0.05) is 6.92 Å². The van der Waals surface area contributed by atoms with E-state index in [1.807, 2.05) is 11.8 Å². The van der Waals surface area contributed by atoms with Crippen LogP contribution in [-0.4, -0.2) is 47.9 Å². The Bertz CT molecular complexity index is 972. The fraction of sp³-hybridized carbons (Fsp3) is 0.500. The fourth-order valence-electron chi connectivity index (χ4n) is 4.10. The van der Waals surface area contributed by atoms with Crippen molar-refractivity contribution < 1.29 is 18.4 Å². The fourth-order valence-corrected chi connectivity index (χ4v) is 5.33. The second-order valence-corrected chi connectivity index (χ2v) is 9.04. The summed E-state index contributed by atoms with van der Waals surface area (Å²) in [7, 11) is 0. The summed E-state index contributed by atoms with van der Waals surface area (Å²) in [6.45, 7) is 4.80. The van der Waals surface area contributed by atoms with Gasteiger partial charge >= 0.3 is 0 Å². The summed E-state index contributed by atoms with van der Waals surface area (Å²) in [4.78, 5) is 34.5. The van der Waals surface area contributed by atoms with E-state index in [0.717, 1.165) is 53.4 Å². The van der Waals surface area contributed by atoms with Crippen LogP contribution in [0.1, 0.15) is 35.9 Å². The van der Waals surface area contributed by atoms with Crippen LogP contribution < -0.4 is 10.2 Å². The topological polar surface area (TPSA) is 65.5 Å². The van der Waals surface area contributed by atoms with E-state index in [-0.39, 0.29) is 29.8 Å². The molecule has 2 amide bonds. The average molecular weight is 449 g/mol. The van der Waals surface area contributed by atoms with E-state index in [2.05, 4.69) is 10.2 Å². The highest BCUT2D eigenvalue weighted by molar-refractivity contribution is 7.15. The van der Waals surface area contributed by atoms with Gasteiger partial charge in [0.2, 0.25) is 11.8 Å². The summed E-state index contributed by atoms with van der Waals surface area (Å²) >= 11 is 1.62. The van der Waals surface area contributed by atoms with Gasteiger partial charge in [0.05, 0.1) is 5.69 Å². The zero-order valence-corrected chi connectivity index (χ0v) is 18.3. The highest BCUT2D eigenvalue weighted by Crippen LogP contribution is 2.34. The standard InChI is InChI=1S/C22H26F2N4O2S/c1-2-20(29)27-7-9-28(10-8-27)22-26-18-6-3-14(12-19(18)31-22)21(30)25-13-15-11-16(23)4-5-17(15)24/h4-5,11,14H,2-3,6-10,12-13H2,1H3,(H,25,30)/t14-/m1/s1. The molecule has 0 saturated carbocycles. The zero-order chi connectivity index (χ0) is 22.0. The molecule has 2 heterocycles. The Balaban J connectivity index is 1.34. The lowest BCUT2D eigenvalue weighted by Gasteiger charge is -2.34. The predicted octanol–water partition coefficient (Wildman–Crippen LogP) is 2.90. The molecule has 1 aromatic heterocycles. The Morgan fingerprint density at radius 1 is 1.23 bits per heavy atom. The summed E-state index contributed by atoms with van der Waals surface area (Å²) in [5.74, 6) is -1.21. The van der Waals surface area contributed by atoms with Crippen LogP contribution in [0.4, 0.5) is 13.9 Å². The lowest BCUT2D eigenvalue weighted by atomic mass is 9.90. The molecular formula is C22H26F2N4O2S. The number of nitrogens with one attached hydrogen (secondary N) is 1. The minimum Gasteiger partial charge on any atom is -0.352 e. The molecule has 0 spiro atoms. The van der Waals surface area contributed by atoms with Crippen LogP contribution in [0.25, 0.3) is 0 Å². The molecule has 0 radical (unpaired) electrons. The van der Waals surface area contributed by atoms with Crippen LogP contribution in [0.3, 0.4) is 0 Å². The third kappa shape index (κ3) is 4.87. The van der Waals surface area contributed by atoms with Crippen molar-refractivity contribution in [3.63, 3.8) is 0 Å². The van der Waals surface area contributed by atoms with Crippen molar-refractivity contribution in [2.75, 3.05) is 31.1 Å². The number of hydrogen-bond acceptors (Lipinski definition) is 5. The third-order valence-corrected chi connectivity index (χ3v) is 7.15. The molecule has 4 rings (SSSR count). The molecule has 2 aromatic rings. The molecule has 0 unspecified atom stereocenters. The smallest absolute Gasteiger partial charge is 0.223 e. The number of carbonyl (C=O) groups is 2. The van der Waals surface area contributed by atoms with E-state index in [1.165, 1.54) is 0 Å². The van der Waals surface area contributed by atoms with Gasteiger partial charge in [0.25, 0.3) is 0 Å². The van der Waals surface area contributed by atoms with Crippen molar-refractivity contribution in [2.24, 2.45) is 5.92 Å². The number of rotatable bonds is 5. The first-order valence-corrected chi connectivity index (χ1v) is 11.5. The maximum atomic E-state index is 13.8. The number of anilines is 1. The number of aromatic nitrogens is 1. The number of aryl methyl sites for hydroxylation is 1. The highest BCUT2D eigenvalue weighted by Gasteiger charge is 2.29. The van der Waals surface area contributed by atoms with Crippen LogP contribution in [0, 0.1) is 17.6 Å². The van der Waals surface area contributed by atoms with Gasteiger partial charge in [-0.05, 0) is 37.5 Å². The molecular weight excluding hydrogens is 422 g/mol. The van der Waals surface area contributed by atoms with Crippen LogP contribution in [0.2, 0.25) is 0 Å². The number of hydrogen-bond donors (Lipinski definition) is 1. The second-order valence-electron chi connectivity index (χ2n) is 7.98. The molecule has 6 nitrogen and oxygen atoms in total. The van der Waals surface area contributed by atoms with Crippen LogP contribution in [0.5, 0.6) is 0 Å². The van der Waals surface area contributed by atoms with Gasteiger partial charge in [0.1, 0.15) is 11.6 Å². The number of halogens is 2. The largest absolute Gasteiger partial charge is 0.352 e. The Hall–Kier alpha value is -2.55. The quantitative estimate of drug-likeness (QED) is 0.764. The van der Waals surface area contributed by atoms with E-state index in [4.69, 9.17) is 4.98 Å². The third-order valence-electron chi connectivity index (χ3n) is 5.97. The van der Waals surface area contributed by atoms with Crippen molar-refractivity contribution in [1.82, 2.24) is 15.2 Å². The van der Waals surface area contributed by atoms with Gasteiger partial charge in [0.15, 0.2) is 5.13 Å². The molecule has 1 aliphatic heterocycles. The molecule has 1 N–H and O–H groups in total. The predicted molar refractivity (Wildman–Crippen MR) is 115 cm³/mol. The minimum absolute atomic E-state index is 0.0273. The SMILES string of the molecule is CCC(=O)N1CCN(c2nc3c(s2)C[C@H](C(=O)NCc2cc(F)ccc2F)CC3)CC1. The molecule has 1 aromatic carbocycles. The maximum Gasteiger partial charge on any atom is 0.223 e. The minimum atomic E-state index is -0.527. The van der Waals surface area contributed by atoms with Crippen molar-refractivity contribution >= 4 is 28.3 Å². The monoisotopic (exact) mass is 448 g/mol. The van der Waals surface area contributed by atoms with Crippen LogP contribution >= 0.6 is 11.3 Å². The summed E-state index contributed by atoms with van der Waals surface area (Å²) in [5.41, 5.74) is 1.19. The van der Waals surface area contributed by atoms with Crippen LogP contribution in [0.15, 0.2) is 18.2 Å². The first-order valence-electron chi connectivity index (χ1n) is 10.7. The van der Waals surface area contributed by atoms with E-state index >= 15 is 0 Å². The highest BCUT2D eigenvalue weighted by atomic mass is 32.1. The molecule has 1 saturated heterocycles. The van der Waals surface area contributed by atoms with Gasteiger partial charge < -0.3 is 15.1 Å². The van der Waals surface area contributed by atoms with Crippen molar-refractivity contribution in [1.29, 1.82) is 0 Å². The number of fused-ring (bicyclic) bond motifs is 1. The number of thiazole rings is 1. The first-order chi connectivity index (χ1) is 14.9. The molecule has 1 atom stereocenters. The summed E-state index contributed by atoms with van der Waals surface area (Å²) in [6.07, 6.45) is 2.55. The lowest BCUT2D eigenvalue weighted by Crippen LogP contribution is -2.48.